The molecular weight excluding hydrogens is 420 g/mol. The number of nitrogens with zero attached hydrogens (tertiary/aromatic N) is 3. The molecule has 0 spiro atoms. The number of halogens is 1. The fourth-order valence-corrected chi connectivity index (χ4v) is 4.90. The van der Waals surface area contributed by atoms with Gasteiger partial charge in [-0.3, -0.25) is 4.79 Å². The predicted octanol–water partition coefficient (Wildman–Crippen LogP) is 5.40. The maximum atomic E-state index is 13.2. The zero-order valence-electron chi connectivity index (χ0n) is 18.2. The molecule has 2 heterocycles. The summed E-state index contributed by atoms with van der Waals surface area (Å²) in [6.45, 7) is 3.99. The fraction of sp³-hybridized carbons (Fsp3) is 0.269. The van der Waals surface area contributed by atoms with E-state index < -0.39 is 0 Å². The van der Waals surface area contributed by atoms with Crippen molar-refractivity contribution < 1.29 is 4.79 Å². The molecule has 0 fully saturated rings. The Morgan fingerprint density at radius 2 is 1.94 bits per heavy atom. The van der Waals surface area contributed by atoms with E-state index in [0.29, 0.717) is 17.6 Å². The van der Waals surface area contributed by atoms with E-state index in [9.17, 15) is 4.79 Å². The number of hydrogen-bond acceptors (Lipinski definition) is 3. The molecule has 32 heavy (non-hydrogen) atoms. The highest BCUT2D eigenvalue weighted by Gasteiger charge is 2.24. The van der Waals surface area contributed by atoms with Crippen LogP contribution >= 0.6 is 11.6 Å². The van der Waals surface area contributed by atoms with Crippen molar-refractivity contribution in [3.8, 4) is 0 Å². The van der Waals surface area contributed by atoms with Gasteiger partial charge in [-0.15, -0.1) is 0 Å². The summed E-state index contributed by atoms with van der Waals surface area (Å²) in [5.74, 6) is -0.133. The lowest BCUT2D eigenvalue weighted by Crippen LogP contribution is -2.31. The van der Waals surface area contributed by atoms with Crippen LogP contribution in [0.3, 0.4) is 0 Å². The molecule has 6 heteroatoms. The molecule has 162 valence electrons. The molecule has 1 amide bonds. The third-order valence-electron chi connectivity index (χ3n) is 6.45. The van der Waals surface area contributed by atoms with Crippen LogP contribution in [-0.2, 0) is 12.8 Å². The van der Waals surface area contributed by atoms with Crippen molar-refractivity contribution in [2.75, 3.05) is 0 Å². The standard InChI is InChI=1S/C26H25ClN4O/c1-16-21(14-19-9-4-6-12-23(19)27)17(2)31-25(29-16)22(15-28-31)26(32)30-24-13-7-10-18-8-3-5-11-20(18)24/h3-6,8-9,11-12,15,24H,7,10,13-14H2,1-2H3,(H,30,32). The molecule has 5 rings (SSSR count). The summed E-state index contributed by atoms with van der Waals surface area (Å²) < 4.78 is 1.77. The highest BCUT2D eigenvalue weighted by atomic mass is 35.5. The molecule has 0 bridgehead atoms. The molecule has 1 unspecified atom stereocenters. The van der Waals surface area contributed by atoms with Gasteiger partial charge in [-0.25, -0.2) is 9.50 Å². The Hall–Kier alpha value is -3.18. The predicted molar refractivity (Wildman–Crippen MR) is 126 cm³/mol. The number of fused-ring (bicyclic) bond motifs is 2. The third kappa shape index (κ3) is 3.67. The van der Waals surface area contributed by atoms with Gasteiger partial charge in [0.1, 0.15) is 5.56 Å². The lowest BCUT2D eigenvalue weighted by molar-refractivity contribution is 0.0934. The molecule has 1 aliphatic rings. The smallest absolute Gasteiger partial charge is 0.257 e. The van der Waals surface area contributed by atoms with Crippen LogP contribution in [0, 0.1) is 13.8 Å². The van der Waals surface area contributed by atoms with Gasteiger partial charge in [0.2, 0.25) is 0 Å². The number of carbonyl (C=O) groups is 1. The molecular formula is C26H25ClN4O. The molecule has 1 atom stereocenters. The van der Waals surface area contributed by atoms with E-state index in [1.165, 1.54) is 11.1 Å². The van der Waals surface area contributed by atoms with Crippen LogP contribution < -0.4 is 5.32 Å². The Kier molecular flexibility index (Phi) is 5.43. The molecule has 0 saturated heterocycles. The van der Waals surface area contributed by atoms with Gasteiger partial charge in [-0.1, -0.05) is 54.1 Å². The number of carbonyl (C=O) groups excluding carboxylic acids is 1. The van der Waals surface area contributed by atoms with Crippen LogP contribution in [0.2, 0.25) is 5.02 Å². The summed E-state index contributed by atoms with van der Waals surface area (Å²) in [4.78, 5) is 18.0. The third-order valence-corrected chi connectivity index (χ3v) is 6.82. The van der Waals surface area contributed by atoms with Crippen molar-refractivity contribution in [2.45, 2.75) is 45.6 Å². The number of amides is 1. The van der Waals surface area contributed by atoms with Gasteiger partial charge in [0.05, 0.1) is 12.2 Å². The molecule has 0 saturated carbocycles. The van der Waals surface area contributed by atoms with Crippen molar-refractivity contribution in [1.29, 1.82) is 0 Å². The second-order valence-corrected chi connectivity index (χ2v) is 8.85. The second kappa shape index (κ2) is 8.40. The number of aryl methyl sites for hydroxylation is 3. The molecule has 2 aromatic carbocycles. The molecule has 4 aromatic rings. The largest absolute Gasteiger partial charge is 0.345 e. The number of aromatic nitrogens is 3. The maximum Gasteiger partial charge on any atom is 0.257 e. The van der Waals surface area contributed by atoms with Gasteiger partial charge < -0.3 is 5.32 Å². The monoisotopic (exact) mass is 444 g/mol. The average Bonchev–Trinajstić information content (AvgIpc) is 3.22. The minimum atomic E-state index is -0.133. The number of benzene rings is 2. The van der Waals surface area contributed by atoms with E-state index >= 15 is 0 Å². The van der Waals surface area contributed by atoms with E-state index in [4.69, 9.17) is 16.6 Å². The van der Waals surface area contributed by atoms with E-state index in [1.807, 2.05) is 44.2 Å². The lowest BCUT2D eigenvalue weighted by Gasteiger charge is -2.26. The van der Waals surface area contributed by atoms with E-state index in [0.717, 1.165) is 46.8 Å². The first-order chi connectivity index (χ1) is 15.5. The summed E-state index contributed by atoms with van der Waals surface area (Å²) >= 11 is 6.38. The fourth-order valence-electron chi connectivity index (χ4n) is 4.70. The van der Waals surface area contributed by atoms with Crippen LogP contribution in [0.1, 0.15) is 62.9 Å². The molecule has 5 nitrogen and oxygen atoms in total. The zero-order chi connectivity index (χ0) is 22.2. The summed E-state index contributed by atoms with van der Waals surface area (Å²) in [5.41, 5.74) is 7.59. The molecule has 1 aliphatic carbocycles. The van der Waals surface area contributed by atoms with Gasteiger partial charge in [-0.05, 0) is 61.4 Å². The minimum Gasteiger partial charge on any atom is -0.345 e. The zero-order valence-corrected chi connectivity index (χ0v) is 19.0. The number of nitrogens with one attached hydrogen (secondary N) is 1. The highest BCUT2D eigenvalue weighted by Crippen LogP contribution is 2.30. The summed E-state index contributed by atoms with van der Waals surface area (Å²) in [6, 6.07) is 16.2. The van der Waals surface area contributed by atoms with Crippen LogP contribution in [-0.4, -0.2) is 20.5 Å². The Morgan fingerprint density at radius 3 is 2.78 bits per heavy atom. The average molecular weight is 445 g/mol. The quantitative estimate of drug-likeness (QED) is 0.458. The van der Waals surface area contributed by atoms with Crippen LogP contribution in [0.5, 0.6) is 0 Å². The number of rotatable bonds is 4. The normalized spacial score (nSPS) is 15.5. The highest BCUT2D eigenvalue weighted by molar-refractivity contribution is 6.31. The topological polar surface area (TPSA) is 59.3 Å². The van der Waals surface area contributed by atoms with Gasteiger partial charge in [0.15, 0.2) is 5.65 Å². The van der Waals surface area contributed by atoms with Crippen LogP contribution in [0.15, 0.2) is 54.7 Å². The van der Waals surface area contributed by atoms with E-state index in [2.05, 4.69) is 28.6 Å². The second-order valence-electron chi connectivity index (χ2n) is 8.44. The summed E-state index contributed by atoms with van der Waals surface area (Å²) in [7, 11) is 0. The Morgan fingerprint density at radius 1 is 1.16 bits per heavy atom. The van der Waals surface area contributed by atoms with Gasteiger partial charge in [0.25, 0.3) is 5.91 Å². The maximum absolute atomic E-state index is 13.2. The first-order valence-electron chi connectivity index (χ1n) is 11.0. The number of hydrogen-bond donors (Lipinski definition) is 1. The van der Waals surface area contributed by atoms with Crippen molar-refractivity contribution >= 4 is 23.2 Å². The lowest BCUT2D eigenvalue weighted by atomic mass is 9.87. The molecule has 2 aromatic heterocycles. The molecule has 0 radical (unpaired) electrons. The summed E-state index contributed by atoms with van der Waals surface area (Å²) in [5, 5.41) is 8.46. The molecule has 1 N–H and O–H groups in total. The van der Waals surface area contributed by atoms with Crippen molar-refractivity contribution in [2.24, 2.45) is 0 Å². The Balaban J connectivity index is 1.46. The van der Waals surface area contributed by atoms with E-state index in [-0.39, 0.29) is 11.9 Å². The van der Waals surface area contributed by atoms with E-state index in [1.54, 1.807) is 10.7 Å². The van der Waals surface area contributed by atoms with Gasteiger partial charge >= 0.3 is 0 Å². The summed E-state index contributed by atoms with van der Waals surface area (Å²) in [6.07, 6.45) is 5.36. The first-order valence-corrected chi connectivity index (χ1v) is 11.4. The SMILES string of the molecule is Cc1nc2c(C(=O)NC3CCCc4ccccc43)cnn2c(C)c1Cc1ccccc1Cl. The van der Waals surface area contributed by atoms with Gasteiger partial charge in [0, 0.05) is 22.8 Å². The van der Waals surface area contributed by atoms with Crippen molar-refractivity contribution in [1.82, 2.24) is 19.9 Å². The van der Waals surface area contributed by atoms with Crippen molar-refractivity contribution in [3.63, 3.8) is 0 Å². The Labute approximate surface area is 192 Å². The first kappa shape index (κ1) is 20.7. The van der Waals surface area contributed by atoms with Crippen LogP contribution in [0.25, 0.3) is 5.65 Å². The van der Waals surface area contributed by atoms with Gasteiger partial charge in [-0.2, -0.15) is 5.10 Å². The molecule has 0 aliphatic heterocycles. The Bertz CT molecular complexity index is 1330. The van der Waals surface area contributed by atoms with Crippen LogP contribution in [0.4, 0.5) is 0 Å². The minimum absolute atomic E-state index is 0.0177. The van der Waals surface area contributed by atoms with Crippen molar-refractivity contribution in [3.05, 3.63) is 99.0 Å².